The Morgan fingerprint density at radius 1 is 1.35 bits per heavy atom. The van der Waals surface area contributed by atoms with Crippen LogP contribution in [0.4, 0.5) is 5.82 Å². The van der Waals surface area contributed by atoms with Crippen molar-refractivity contribution in [2.75, 3.05) is 18.0 Å². The summed E-state index contributed by atoms with van der Waals surface area (Å²) in [5, 5.41) is 13.2. The minimum Gasteiger partial charge on any atom is -0.355 e. The number of para-hydroxylation sites is 1. The van der Waals surface area contributed by atoms with Crippen molar-refractivity contribution in [2.45, 2.75) is 26.3 Å². The molecule has 2 aromatic rings. The molecular weight excluding hydrogens is 288 g/mol. The van der Waals surface area contributed by atoms with E-state index in [4.69, 9.17) is 0 Å². The van der Waals surface area contributed by atoms with Crippen LogP contribution in [0.5, 0.6) is 0 Å². The Morgan fingerprint density at radius 3 is 2.70 bits per heavy atom. The Hall–Kier alpha value is -2.61. The standard InChI is InChI=1S/C18H20N4O/c1-18(2,3)21-17(23)13-10-22(11-13)16-8-12(9-19)14-6-4-5-7-15(14)20-16/h4-8,13H,10-11H2,1-3H3,(H,21,23). The molecule has 1 aliphatic rings. The second-order valence-corrected chi connectivity index (χ2v) is 7.00. The summed E-state index contributed by atoms with van der Waals surface area (Å²) in [6.45, 7) is 7.21. The molecule has 23 heavy (non-hydrogen) atoms. The highest BCUT2D eigenvalue weighted by atomic mass is 16.2. The Kier molecular flexibility index (Phi) is 3.69. The lowest BCUT2D eigenvalue weighted by atomic mass is 9.97. The van der Waals surface area contributed by atoms with Crippen molar-refractivity contribution < 1.29 is 4.79 Å². The molecule has 0 spiro atoms. The minimum absolute atomic E-state index is 0.0203. The Balaban J connectivity index is 1.77. The highest BCUT2D eigenvalue weighted by Gasteiger charge is 2.35. The van der Waals surface area contributed by atoms with Crippen LogP contribution < -0.4 is 10.2 Å². The third kappa shape index (κ3) is 3.11. The van der Waals surface area contributed by atoms with E-state index < -0.39 is 0 Å². The molecule has 5 nitrogen and oxygen atoms in total. The van der Waals surface area contributed by atoms with Gasteiger partial charge in [-0.2, -0.15) is 5.26 Å². The zero-order valence-electron chi connectivity index (χ0n) is 13.6. The van der Waals surface area contributed by atoms with Crippen LogP contribution in [0, 0.1) is 17.2 Å². The van der Waals surface area contributed by atoms with Crippen molar-refractivity contribution in [3.63, 3.8) is 0 Å². The molecule has 5 heteroatoms. The van der Waals surface area contributed by atoms with Crippen LogP contribution in [0.2, 0.25) is 0 Å². The van der Waals surface area contributed by atoms with Crippen molar-refractivity contribution >= 4 is 22.6 Å². The lowest BCUT2D eigenvalue weighted by Gasteiger charge is -2.40. The number of aromatic nitrogens is 1. The number of anilines is 1. The smallest absolute Gasteiger partial charge is 0.227 e. The number of amides is 1. The topological polar surface area (TPSA) is 69.0 Å². The number of pyridine rings is 1. The van der Waals surface area contributed by atoms with Crippen molar-refractivity contribution in [1.82, 2.24) is 10.3 Å². The Bertz CT molecular complexity index is 795. The molecule has 0 atom stereocenters. The maximum absolute atomic E-state index is 12.1. The van der Waals surface area contributed by atoms with Gasteiger partial charge in [-0.3, -0.25) is 4.79 Å². The number of hydrogen-bond acceptors (Lipinski definition) is 4. The molecule has 118 valence electrons. The first-order chi connectivity index (χ1) is 10.9. The predicted molar refractivity (Wildman–Crippen MR) is 90.1 cm³/mol. The van der Waals surface area contributed by atoms with Gasteiger partial charge in [0.1, 0.15) is 5.82 Å². The average molecular weight is 308 g/mol. The molecule has 3 rings (SSSR count). The SMILES string of the molecule is CC(C)(C)NC(=O)C1CN(c2cc(C#N)c3ccccc3n2)C1. The van der Waals surface area contributed by atoms with Gasteiger partial charge in [-0.25, -0.2) is 4.98 Å². The van der Waals surface area contributed by atoms with Crippen LogP contribution in [-0.2, 0) is 4.79 Å². The molecule has 1 fully saturated rings. The van der Waals surface area contributed by atoms with Gasteiger partial charge in [0.05, 0.1) is 23.1 Å². The lowest BCUT2D eigenvalue weighted by Crippen LogP contribution is -2.56. The molecule has 1 saturated heterocycles. The van der Waals surface area contributed by atoms with Crippen LogP contribution in [-0.4, -0.2) is 29.5 Å². The maximum atomic E-state index is 12.1. The van der Waals surface area contributed by atoms with E-state index in [9.17, 15) is 10.1 Å². The number of nitriles is 1. The second-order valence-electron chi connectivity index (χ2n) is 7.00. The van der Waals surface area contributed by atoms with E-state index in [1.165, 1.54) is 0 Å². The van der Waals surface area contributed by atoms with Crippen molar-refractivity contribution in [3.05, 3.63) is 35.9 Å². The number of carbonyl (C=O) groups is 1. The van der Waals surface area contributed by atoms with E-state index in [2.05, 4.69) is 16.4 Å². The Morgan fingerprint density at radius 2 is 2.04 bits per heavy atom. The molecule has 0 unspecified atom stereocenters. The number of fused-ring (bicyclic) bond motifs is 1. The first-order valence-corrected chi connectivity index (χ1v) is 7.74. The number of nitrogens with one attached hydrogen (secondary N) is 1. The lowest BCUT2D eigenvalue weighted by molar-refractivity contribution is -0.127. The number of rotatable bonds is 2. The zero-order chi connectivity index (χ0) is 16.6. The van der Waals surface area contributed by atoms with Crippen LogP contribution in [0.25, 0.3) is 10.9 Å². The number of nitrogens with zero attached hydrogens (tertiary/aromatic N) is 3. The van der Waals surface area contributed by atoms with Gasteiger partial charge in [0.2, 0.25) is 5.91 Å². The molecule has 0 radical (unpaired) electrons. The van der Waals surface area contributed by atoms with Gasteiger partial charge in [-0.1, -0.05) is 18.2 Å². The quantitative estimate of drug-likeness (QED) is 0.925. The second kappa shape index (κ2) is 5.54. The Labute approximate surface area is 135 Å². The monoisotopic (exact) mass is 308 g/mol. The van der Waals surface area contributed by atoms with Gasteiger partial charge in [0, 0.05) is 24.0 Å². The van der Waals surface area contributed by atoms with Crippen LogP contribution >= 0.6 is 0 Å². The van der Waals surface area contributed by atoms with Crippen LogP contribution in [0.15, 0.2) is 30.3 Å². The summed E-state index contributed by atoms with van der Waals surface area (Å²) in [4.78, 5) is 18.8. The van der Waals surface area contributed by atoms with Gasteiger partial charge < -0.3 is 10.2 Å². The number of hydrogen-bond donors (Lipinski definition) is 1. The molecular formula is C18H20N4O. The molecule has 0 aliphatic carbocycles. The molecule has 2 heterocycles. The van der Waals surface area contributed by atoms with Gasteiger partial charge in [-0.15, -0.1) is 0 Å². The maximum Gasteiger partial charge on any atom is 0.227 e. The molecule has 1 aliphatic heterocycles. The summed E-state index contributed by atoms with van der Waals surface area (Å²) in [6, 6.07) is 11.7. The molecule has 1 aromatic heterocycles. The third-order valence-electron chi connectivity index (χ3n) is 3.90. The number of benzene rings is 1. The molecule has 0 saturated carbocycles. The summed E-state index contributed by atoms with van der Waals surface area (Å²) in [5.74, 6) is 0.822. The van der Waals surface area contributed by atoms with Crippen molar-refractivity contribution in [3.8, 4) is 6.07 Å². The predicted octanol–water partition coefficient (Wildman–Crippen LogP) is 2.46. The molecule has 1 aromatic carbocycles. The van der Waals surface area contributed by atoms with Gasteiger partial charge >= 0.3 is 0 Å². The normalized spacial score (nSPS) is 15.1. The van der Waals surface area contributed by atoms with Gasteiger partial charge in [0.25, 0.3) is 0 Å². The van der Waals surface area contributed by atoms with E-state index in [1.54, 1.807) is 6.07 Å². The summed E-state index contributed by atoms with van der Waals surface area (Å²) in [7, 11) is 0. The van der Waals surface area contributed by atoms with E-state index in [-0.39, 0.29) is 17.4 Å². The summed E-state index contributed by atoms with van der Waals surface area (Å²) < 4.78 is 0. The fourth-order valence-electron chi connectivity index (χ4n) is 2.72. The molecule has 1 N–H and O–H groups in total. The van der Waals surface area contributed by atoms with Crippen LogP contribution in [0.3, 0.4) is 0 Å². The summed E-state index contributed by atoms with van der Waals surface area (Å²) in [5.41, 5.74) is 1.21. The first kappa shape index (κ1) is 15.3. The van der Waals surface area contributed by atoms with E-state index in [0.29, 0.717) is 18.7 Å². The van der Waals surface area contributed by atoms with E-state index >= 15 is 0 Å². The van der Waals surface area contributed by atoms with Crippen LogP contribution in [0.1, 0.15) is 26.3 Å². The summed E-state index contributed by atoms with van der Waals surface area (Å²) in [6.07, 6.45) is 0. The first-order valence-electron chi connectivity index (χ1n) is 7.74. The van der Waals surface area contributed by atoms with Crippen molar-refractivity contribution in [2.24, 2.45) is 5.92 Å². The molecule has 0 bridgehead atoms. The zero-order valence-corrected chi connectivity index (χ0v) is 13.6. The van der Waals surface area contributed by atoms with E-state index in [1.807, 2.05) is 49.9 Å². The largest absolute Gasteiger partial charge is 0.355 e. The van der Waals surface area contributed by atoms with Gasteiger partial charge in [-0.05, 0) is 32.9 Å². The fraction of sp³-hybridized carbons (Fsp3) is 0.389. The minimum atomic E-state index is -0.216. The highest BCUT2D eigenvalue weighted by Crippen LogP contribution is 2.27. The molecule has 1 amide bonds. The van der Waals surface area contributed by atoms with Gasteiger partial charge in [0.15, 0.2) is 0 Å². The number of carbonyl (C=O) groups excluding carboxylic acids is 1. The summed E-state index contributed by atoms with van der Waals surface area (Å²) >= 11 is 0. The fourth-order valence-corrected chi connectivity index (χ4v) is 2.72. The van der Waals surface area contributed by atoms with Crippen molar-refractivity contribution in [1.29, 1.82) is 5.26 Å². The average Bonchev–Trinajstić information content (AvgIpc) is 2.42. The highest BCUT2D eigenvalue weighted by molar-refractivity contribution is 5.87. The third-order valence-corrected chi connectivity index (χ3v) is 3.90. The van der Waals surface area contributed by atoms with E-state index in [0.717, 1.165) is 16.7 Å².